The molecule has 0 atom stereocenters. The summed E-state index contributed by atoms with van der Waals surface area (Å²) >= 11 is 0. The molecule has 1 fully saturated rings. The van der Waals surface area contributed by atoms with Gasteiger partial charge in [-0.15, -0.1) is 0 Å². The number of likely N-dealkylation sites (tertiary alicyclic amines) is 1. The van der Waals surface area contributed by atoms with Gasteiger partial charge >= 0.3 is 0 Å². The molecule has 1 aliphatic heterocycles. The minimum Gasteiger partial charge on any atom is -0.338 e. The Balaban J connectivity index is 1.72. The second-order valence-corrected chi connectivity index (χ2v) is 7.41. The van der Waals surface area contributed by atoms with E-state index in [-0.39, 0.29) is 25.2 Å². The molecule has 3 heterocycles. The molecule has 2 aromatic rings. The number of allylic oxidation sites excluding steroid dienone is 3. The molecule has 1 saturated heterocycles. The van der Waals surface area contributed by atoms with E-state index < -0.39 is 5.67 Å². The van der Waals surface area contributed by atoms with Crippen molar-refractivity contribution in [3.05, 3.63) is 71.7 Å². The third-order valence-electron chi connectivity index (χ3n) is 5.26. The van der Waals surface area contributed by atoms with Gasteiger partial charge in [-0.05, 0) is 57.2 Å². The molecule has 0 aromatic carbocycles. The molecular formula is C23H26FN5O. The first kappa shape index (κ1) is 21.5. The Hall–Kier alpha value is -3.22. The Labute approximate surface area is 176 Å². The lowest BCUT2D eigenvalue weighted by Crippen LogP contribution is -2.45. The van der Waals surface area contributed by atoms with Crippen molar-refractivity contribution in [2.24, 2.45) is 4.99 Å². The van der Waals surface area contributed by atoms with Crippen molar-refractivity contribution in [1.29, 1.82) is 0 Å². The lowest BCUT2D eigenvalue weighted by molar-refractivity contribution is 0.0432. The van der Waals surface area contributed by atoms with Crippen LogP contribution in [0.5, 0.6) is 0 Å². The summed E-state index contributed by atoms with van der Waals surface area (Å²) in [6.07, 6.45) is 10.9. The lowest BCUT2D eigenvalue weighted by Gasteiger charge is -2.36. The zero-order valence-electron chi connectivity index (χ0n) is 17.4. The molecule has 7 heteroatoms. The van der Waals surface area contributed by atoms with Crippen molar-refractivity contribution in [3.63, 3.8) is 0 Å². The number of amides is 1. The van der Waals surface area contributed by atoms with Gasteiger partial charge in [0.05, 0.1) is 22.6 Å². The Morgan fingerprint density at radius 3 is 2.70 bits per heavy atom. The van der Waals surface area contributed by atoms with Crippen molar-refractivity contribution in [2.75, 3.05) is 13.1 Å². The first-order valence-electron chi connectivity index (χ1n) is 9.95. The van der Waals surface area contributed by atoms with Crippen LogP contribution in [-0.2, 0) is 6.42 Å². The highest BCUT2D eigenvalue weighted by atomic mass is 19.1. The molecule has 1 amide bonds. The third kappa shape index (κ3) is 5.03. The van der Waals surface area contributed by atoms with Gasteiger partial charge < -0.3 is 4.90 Å². The maximum Gasteiger partial charge on any atom is 0.256 e. The maximum atomic E-state index is 15.3. The van der Waals surface area contributed by atoms with E-state index in [0.29, 0.717) is 30.0 Å². The molecule has 3 rings (SSSR count). The summed E-state index contributed by atoms with van der Waals surface area (Å²) in [5.41, 5.74) is 1.91. The number of hydrogen-bond donors (Lipinski definition) is 0. The second-order valence-electron chi connectivity index (χ2n) is 7.41. The number of aliphatic imine (C=N–C) groups is 1. The molecule has 30 heavy (non-hydrogen) atoms. The molecular weight excluding hydrogens is 381 g/mol. The fourth-order valence-corrected chi connectivity index (χ4v) is 3.55. The quantitative estimate of drug-likeness (QED) is 0.536. The smallest absolute Gasteiger partial charge is 0.256 e. The van der Waals surface area contributed by atoms with Gasteiger partial charge in [-0.3, -0.25) is 24.7 Å². The van der Waals surface area contributed by atoms with Crippen LogP contribution in [0.1, 0.15) is 47.2 Å². The maximum absolute atomic E-state index is 15.3. The Morgan fingerprint density at radius 1 is 1.30 bits per heavy atom. The highest BCUT2D eigenvalue weighted by Gasteiger charge is 2.37. The SMILES string of the molecule is C=N/C=C\C(=C/C)c1ncccc1C(=O)N1CCC(F)(Cc2cnc(C)cn2)CC1. The predicted molar refractivity (Wildman–Crippen MR) is 116 cm³/mol. The Morgan fingerprint density at radius 2 is 2.07 bits per heavy atom. The van der Waals surface area contributed by atoms with Gasteiger partial charge in [0.2, 0.25) is 0 Å². The predicted octanol–water partition coefficient (Wildman–Crippen LogP) is 3.98. The molecule has 0 N–H and O–H groups in total. The topological polar surface area (TPSA) is 71.3 Å². The number of rotatable bonds is 6. The Kier molecular flexibility index (Phi) is 6.82. The van der Waals surface area contributed by atoms with Gasteiger partial charge in [-0.1, -0.05) is 6.08 Å². The highest BCUT2D eigenvalue weighted by molar-refractivity contribution is 5.99. The zero-order valence-corrected chi connectivity index (χ0v) is 17.4. The molecule has 1 aliphatic rings. The highest BCUT2D eigenvalue weighted by Crippen LogP contribution is 2.31. The summed E-state index contributed by atoms with van der Waals surface area (Å²) < 4.78 is 15.3. The van der Waals surface area contributed by atoms with E-state index in [1.807, 2.05) is 19.9 Å². The molecule has 0 spiro atoms. The molecule has 0 saturated carbocycles. The van der Waals surface area contributed by atoms with Crippen LogP contribution in [-0.4, -0.2) is 51.2 Å². The van der Waals surface area contributed by atoms with Crippen LogP contribution in [0.15, 0.2) is 54.1 Å². The molecule has 0 bridgehead atoms. The fraction of sp³-hybridized carbons (Fsp3) is 0.348. The number of halogens is 1. The first-order valence-corrected chi connectivity index (χ1v) is 9.95. The van der Waals surface area contributed by atoms with Crippen LogP contribution in [0.3, 0.4) is 0 Å². The number of alkyl halides is 1. The summed E-state index contributed by atoms with van der Waals surface area (Å²) in [6, 6.07) is 3.49. The van der Waals surface area contributed by atoms with Crippen LogP contribution in [0.25, 0.3) is 5.57 Å². The van der Waals surface area contributed by atoms with Gasteiger partial charge in [0.1, 0.15) is 5.67 Å². The number of nitrogens with zero attached hydrogens (tertiary/aromatic N) is 5. The molecule has 6 nitrogen and oxygen atoms in total. The van der Waals surface area contributed by atoms with E-state index in [9.17, 15) is 4.79 Å². The molecule has 0 aliphatic carbocycles. The van der Waals surface area contributed by atoms with E-state index in [1.165, 1.54) is 0 Å². The Bertz CT molecular complexity index is 960. The van der Waals surface area contributed by atoms with Crippen molar-refractivity contribution in [1.82, 2.24) is 19.9 Å². The van der Waals surface area contributed by atoms with Crippen LogP contribution in [0.4, 0.5) is 4.39 Å². The van der Waals surface area contributed by atoms with Crippen LogP contribution in [0, 0.1) is 6.92 Å². The number of pyridine rings is 1. The molecule has 0 unspecified atom stereocenters. The number of aromatic nitrogens is 3. The lowest BCUT2D eigenvalue weighted by atomic mass is 9.88. The van der Waals surface area contributed by atoms with Crippen LogP contribution < -0.4 is 0 Å². The summed E-state index contributed by atoms with van der Waals surface area (Å²) in [4.78, 5) is 31.4. The summed E-state index contributed by atoms with van der Waals surface area (Å²) in [6.45, 7) is 7.85. The summed E-state index contributed by atoms with van der Waals surface area (Å²) in [5, 5.41) is 0. The average molecular weight is 407 g/mol. The average Bonchev–Trinajstić information content (AvgIpc) is 2.76. The molecule has 2 aromatic heterocycles. The largest absolute Gasteiger partial charge is 0.338 e. The van der Waals surface area contributed by atoms with Gasteiger partial charge in [-0.2, -0.15) is 0 Å². The van der Waals surface area contributed by atoms with Gasteiger partial charge in [-0.25, -0.2) is 4.39 Å². The fourth-order valence-electron chi connectivity index (χ4n) is 3.55. The zero-order chi connectivity index (χ0) is 21.6. The minimum absolute atomic E-state index is 0.144. The van der Waals surface area contributed by atoms with Crippen molar-refractivity contribution in [2.45, 2.75) is 38.8 Å². The van der Waals surface area contributed by atoms with Crippen LogP contribution >= 0.6 is 0 Å². The number of aryl methyl sites for hydroxylation is 1. The van der Waals surface area contributed by atoms with E-state index in [1.54, 1.807) is 47.9 Å². The van der Waals surface area contributed by atoms with E-state index >= 15 is 4.39 Å². The molecule has 156 valence electrons. The minimum atomic E-state index is -1.38. The normalized spacial score (nSPS) is 16.6. The van der Waals surface area contributed by atoms with E-state index in [2.05, 4.69) is 26.7 Å². The summed E-state index contributed by atoms with van der Waals surface area (Å²) in [5.74, 6) is -0.144. The van der Waals surface area contributed by atoms with Crippen molar-refractivity contribution in [3.8, 4) is 0 Å². The number of piperidine rings is 1. The van der Waals surface area contributed by atoms with E-state index in [4.69, 9.17) is 0 Å². The molecule has 0 radical (unpaired) electrons. The standard InChI is InChI=1S/C23H26FN5O/c1-4-18(7-11-25-3)21-20(6-5-10-26-21)22(30)29-12-8-23(24,9-13-29)14-19-16-27-17(2)15-28-19/h4-7,10-11,15-16H,3,8-9,12-14H2,1-2H3/b11-7-,18-4+. The number of hydrogen-bond acceptors (Lipinski definition) is 5. The number of carbonyl (C=O) groups excluding carboxylic acids is 1. The second kappa shape index (κ2) is 9.52. The van der Waals surface area contributed by atoms with Gasteiger partial charge in [0, 0.05) is 44.3 Å². The number of carbonyl (C=O) groups is 1. The van der Waals surface area contributed by atoms with Crippen LogP contribution in [0.2, 0.25) is 0 Å². The van der Waals surface area contributed by atoms with Gasteiger partial charge in [0.25, 0.3) is 5.91 Å². The van der Waals surface area contributed by atoms with E-state index in [0.717, 1.165) is 11.3 Å². The first-order chi connectivity index (χ1) is 14.5. The summed E-state index contributed by atoms with van der Waals surface area (Å²) in [7, 11) is 0. The van der Waals surface area contributed by atoms with Gasteiger partial charge in [0.15, 0.2) is 0 Å². The van der Waals surface area contributed by atoms with Crippen molar-refractivity contribution >= 4 is 18.2 Å². The third-order valence-corrected chi connectivity index (χ3v) is 5.26. The van der Waals surface area contributed by atoms with Crippen molar-refractivity contribution < 1.29 is 9.18 Å². The monoisotopic (exact) mass is 407 g/mol.